The first-order chi connectivity index (χ1) is 7.13. The number of carbonyl (C=O) groups excluding carboxylic acids is 1. The molecule has 1 aromatic rings. The number of carbonyl (C=O) groups is 1. The first-order valence-electron chi connectivity index (χ1n) is 4.83. The van der Waals surface area contributed by atoms with Crippen molar-refractivity contribution in [1.29, 1.82) is 0 Å². The highest BCUT2D eigenvalue weighted by atomic mass is 19.0. The summed E-state index contributed by atoms with van der Waals surface area (Å²) in [6.45, 7) is 2.08. The Morgan fingerprint density at radius 3 is 2.41 bits per heavy atom. The number of aromatic hydroxyl groups is 1. The first-order valence-corrected chi connectivity index (χ1v) is 4.83. The van der Waals surface area contributed by atoms with Crippen molar-refractivity contribution in [2.24, 2.45) is 5.73 Å². The lowest BCUT2D eigenvalue weighted by molar-refractivity contribution is -0.144. The van der Waals surface area contributed by atoms with Gasteiger partial charge in [-0.05, 0) is 31.0 Å². The number of hydrogen-bond acceptors (Lipinski definition) is 5. The number of ether oxygens (including phenoxy) is 1. The van der Waals surface area contributed by atoms with E-state index in [-0.39, 0.29) is 16.6 Å². The van der Waals surface area contributed by atoms with Crippen LogP contribution in [0.2, 0.25) is 0 Å². The largest absolute Gasteiger partial charge is 0.508 e. The molecule has 0 bridgehead atoms. The van der Waals surface area contributed by atoms with Crippen LogP contribution in [0, 0.1) is 0 Å². The maximum Gasteiger partial charge on any atom is 0.323 e. The zero-order valence-corrected chi connectivity index (χ0v) is 9.76. The monoisotopic (exact) mass is 246 g/mol. The normalized spacial score (nSPS) is 10.7. The fraction of sp³-hybridized carbons (Fsp3) is 0.364. The van der Waals surface area contributed by atoms with Gasteiger partial charge in [0.25, 0.3) is 0 Å². The van der Waals surface area contributed by atoms with Crippen molar-refractivity contribution in [3.8, 4) is 5.75 Å². The van der Waals surface area contributed by atoms with Crippen LogP contribution in [0.5, 0.6) is 5.75 Å². The smallest absolute Gasteiger partial charge is 0.323 e. The van der Waals surface area contributed by atoms with Gasteiger partial charge in [-0.1, -0.05) is 12.1 Å². The highest BCUT2D eigenvalue weighted by Gasteiger charge is 2.14. The van der Waals surface area contributed by atoms with Crippen LogP contribution in [-0.2, 0) is 16.0 Å². The number of halogens is 1. The first kappa shape index (κ1) is 17.7. The lowest BCUT2D eigenvalue weighted by Gasteiger charge is -2.10. The average Bonchev–Trinajstić information content (AvgIpc) is 2.22. The van der Waals surface area contributed by atoms with Crippen LogP contribution in [0.15, 0.2) is 24.3 Å². The Bertz CT molecular complexity index is 330. The molecule has 0 radical (unpaired) electrons. The number of rotatable bonds is 4. The Balaban J connectivity index is 0. The molecule has 0 fully saturated rings. The number of phenolic OH excluding ortho intramolecular Hbond substituents is 1. The number of hydrogen-bond donors (Lipinski definition) is 3. The van der Waals surface area contributed by atoms with E-state index in [2.05, 4.69) is 0 Å². The second-order valence-corrected chi connectivity index (χ2v) is 3.23. The predicted molar refractivity (Wildman–Crippen MR) is 63.9 cm³/mol. The van der Waals surface area contributed by atoms with Gasteiger partial charge in [-0.2, -0.15) is 0 Å². The van der Waals surface area contributed by atoms with E-state index in [9.17, 15) is 4.79 Å². The third kappa shape index (κ3) is 5.84. The summed E-state index contributed by atoms with van der Waals surface area (Å²) in [5.74, 6) is -0.200. The van der Waals surface area contributed by atoms with Crippen molar-refractivity contribution < 1.29 is 19.3 Å². The fourth-order valence-electron chi connectivity index (χ4n) is 1.22. The summed E-state index contributed by atoms with van der Waals surface area (Å²) in [6.07, 6.45) is 0.416. The van der Waals surface area contributed by atoms with Crippen LogP contribution < -0.4 is 11.9 Å². The Morgan fingerprint density at radius 1 is 1.41 bits per heavy atom. The third-order valence-corrected chi connectivity index (χ3v) is 1.98. The van der Waals surface area contributed by atoms with Gasteiger partial charge in [0.05, 0.1) is 6.61 Å². The molecule has 0 saturated heterocycles. The zero-order chi connectivity index (χ0) is 11.3. The second kappa shape index (κ2) is 8.49. The predicted octanol–water partition coefficient (Wildman–Crippen LogP) is 1.14. The molecule has 98 valence electrons. The van der Waals surface area contributed by atoms with E-state index in [1.807, 2.05) is 0 Å². The van der Waals surface area contributed by atoms with Gasteiger partial charge in [0.2, 0.25) is 0 Å². The molecule has 0 aliphatic heterocycles. The van der Waals surface area contributed by atoms with Crippen LogP contribution in [-0.4, -0.2) is 23.7 Å². The van der Waals surface area contributed by atoms with Gasteiger partial charge < -0.3 is 21.7 Å². The minimum atomic E-state index is -0.644. The van der Waals surface area contributed by atoms with Crippen molar-refractivity contribution >= 4 is 5.97 Å². The molecule has 1 atom stereocenters. The van der Waals surface area contributed by atoms with Gasteiger partial charge in [-0.3, -0.25) is 9.50 Å². The number of benzene rings is 1. The van der Waals surface area contributed by atoms with Crippen LogP contribution in [0.25, 0.3) is 0 Å². The molecule has 0 heterocycles. The minimum absolute atomic E-state index is 0. The van der Waals surface area contributed by atoms with Crippen molar-refractivity contribution in [3.05, 3.63) is 29.8 Å². The Morgan fingerprint density at radius 2 is 1.94 bits per heavy atom. The standard InChI is InChI=1S/C11H15NO3.FH.H3N/c1-2-15-11(14)10(12)7-8-3-5-9(13)6-4-8;;/h3-6,10,13H,2,7,12H2,1H3;1H;1H3. The van der Waals surface area contributed by atoms with Gasteiger partial charge in [0, 0.05) is 0 Å². The molecule has 6 heteroatoms. The quantitative estimate of drug-likeness (QED) is 0.690. The summed E-state index contributed by atoms with van der Waals surface area (Å²) in [7, 11) is 0. The molecule has 1 unspecified atom stereocenters. The summed E-state index contributed by atoms with van der Waals surface area (Å²) in [6, 6.07) is 5.94. The molecule has 0 aliphatic carbocycles. The zero-order valence-electron chi connectivity index (χ0n) is 9.76. The third-order valence-electron chi connectivity index (χ3n) is 1.98. The molecule has 5 nitrogen and oxygen atoms in total. The molecule has 6 N–H and O–H groups in total. The van der Waals surface area contributed by atoms with Crippen molar-refractivity contribution in [2.75, 3.05) is 6.61 Å². The van der Waals surface area contributed by atoms with E-state index in [0.717, 1.165) is 5.56 Å². The summed E-state index contributed by atoms with van der Waals surface area (Å²) in [5, 5.41) is 9.06. The van der Waals surface area contributed by atoms with E-state index in [0.29, 0.717) is 13.0 Å². The lowest BCUT2D eigenvalue weighted by Crippen LogP contribution is -2.34. The minimum Gasteiger partial charge on any atom is -0.508 e. The molecule has 1 aromatic carbocycles. The average molecular weight is 246 g/mol. The van der Waals surface area contributed by atoms with E-state index >= 15 is 0 Å². The van der Waals surface area contributed by atoms with Crippen LogP contribution in [0.4, 0.5) is 4.70 Å². The molecule has 0 aliphatic rings. The SMILES string of the molecule is CCOC(=O)C(N)Cc1ccc(O)cc1.F.N. The van der Waals surface area contributed by atoms with E-state index in [4.69, 9.17) is 15.6 Å². The van der Waals surface area contributed by atoms with Crippen molar-refractivity contribution in [3.63, 3.8) is 0 Å². The van der Waals surface area contributed by atoms with Gasteiger partial charge >= 0.3 is 5.97 Å². The molecule has 0 amide bonds. The van der Waals surface area contributed by atoms with Crippen molar-refractivity contribution in [2.45, 2.75) is 19.4 Å². The number of phenols is 1. The van der Waals surface area contributed by atoms with Crippen molar-refractivity contribution in [1.82, 2.24) is 6.15 Å². The van der Waals surface area contributed by atoms with Gasteiger partial charge in [-0.15, -0.1) is 0 Å². The van der Waals surface area contributed by atoms with Gasteiger partial charge in [-0.25, -0.2) is 0 Å². The molecule has 0 aromatic heterocycles. The molecular formula is C11H19FN2O3. The topological polar surface area (TPSA) is 108 Å². The van der Waals surface area contributed by atoms with E-state index < -0.39 is 12.0 Å². The fourth-order valence-corrected chi connectivity index (χ4v) is 1.22. The molecule has 17 heavy (non-hydrogen) atoms. The Kier molecular flexibility index (Phi) is 8.85. The summed E-state index contributed by atoms with van der Waals surface area (Å²) in [4.78, 5) is 11.2. The maximum atomic E-state index is 11.2. The molecule has 0 spiro atoms. The Hall–Kier alpha value is -1.66. The maximum absolute atomic E-state index is 11.2. The van der Waals surface area contributed by atoms with Gasteiger partial charge in [0.15, 0.2) is 0 Å². The highest BCUT2D eigenvalue weighted by Crippen LogP contribution is 2.11. The summed E-state index contributed by atoms with van der Waals surface area (Å²) in [5.41, 5.74) is 6.53. The van der Waals surface area contributed by atoms with E-state index in [1.165, 1.54) is 0 Å². The second-order valence-electron chi connectivity index (χ2n) is 3.23. The Labute approximate surface area is 99.5 Å². The summed E-state index contributed by atoms with van der Waals surface area (Å²) >= 11 is 0. The van der Waals surface area contributed by atoms with Crippen LogP contribution >= 0.6 is 0 Å². The van der Waals surface area contributed by atoms with E-state index in [1.54, 1.807) is 31.2 Å². The van der Waals surface area contributed by atoms with Crippen LogP contribution in [0.1, 0.15) is 12.5 Å². The lowest BCUT2D eigenvalue weighted by atomic mass is 10.1. The number of esters is 1. The van der Waals surface area contributed by atoms with Crippen LogP contribution in [0.3, 0.4) is 0 Å². The molecule has 1 rings (SSSR count). The number of nitrogens with two attached hydrogens (primary N) is 1. The summed E-state index contributed by atoms with van der Waals surface area (Å²) < 4.78 is 4.79. The molecule has 0 saturated carbocycles. The molecular weight excluding hydrogens is 227 g/mol. The van der Waals surface area contributed by atoms with Gasteiger partial charge in [0.1, 0.15) is 11.8 Å². The highest BCUT2D eigenvalue weighted by molar-refractivity contribution is 5.75.